The van der Waals surface area contributed by atoms with Crippen molar-refractivity contribution >= 4 is 34.0 Å². The van der Waals surface area contributed by atoms with Crippen LogP contribution >= 0.6 is 0 Å². The Morgan fingerprint density at radius 3 is 2.66 bits per heavy atom. The first-order valence-corrected chi connectivity index (χ1v) is 12.9. The molecule has 1 aliphatic rings. The average molecular weight is 527 g/mol. The first-order chi connectivity index (χ1) is 18.5. The number of nitrogens with two attached hydrogens (primary N) is 2. The van der Waals surface area contributed by atoms with Gasteiger partial charge in [-0.3, -0.25) is 4.79 Å². The summed E-state index contributed by atoms with van der Waals surface area (Å²) >= 11 is 0. The van der Waals surface area contributed by atoms with Crippen molar-refractivity contribution in [2.75, 3.05) is 43.7 Å². The van der Waals surface area contributed by atoms with Crippen LogP contribution in [0.2, 0.25) is 0 Å². The smallest absolute Gasteiger partial charge is 0.252 e. The number of amides is 1. The van der Waals surface area contributed by atoms with E-state index in [2.05, 4.69) is 20.6 Å². The van der Waals surface area contributed by atoms with Crippen LogP contribution in [0.5, 0.6) is 5.88 Å². The maximum absolute atomic E-state index is 14.9. The van der Waals surface area contributed by atoms with Gasteiger partial charge in [0.05, 0.1) is 25.4 Å². The lowest BCUT2D eigenvalue weighted by molar-refractivity contribution is 0.0401. The molecule has 0 radical (unpaired) electrons. The number of pyridine rings is 2. The van der Waals surface area contributed by atoms with E-state index < -0.39 is 11.7 Å². The largest absolute Gasteiger partial charge is 0.475 e. The van der Waals surface area contributed by atoms with Crippen molar-refractivity contribution in [3.05, 3.63) is 47.9 Å². The standard InChI is InChI=1S/C27H35FN6O4/c1-2-36-12-13-37-14-15-38-27-18-6-5-9-22(17(18)10-11-31-27)32-25-19(24(30)35)16-20(28)26(34-25)33-23-8-4-3-7-21(23)29/h5-6,9-11,16,21,23H,2-4,7-8,12-15,29H2,1H3,(H2,30,35)(H2,32,33,34). The summed E-state index contributed by atoms with van der Waals surface area (Å²) in [6.45, 7) is 4.32. The van der Waals surface area contributed by atoms with E-state index in [0.717, 1.165) is 42.5 Å². The maximum atomic E-state index is 14.9. The third-order valence-corrected chi connectivity index (χ3v) is 6.45. The van der Waals surface area contributed by atoms with Gasteiger partial charge in [-0.15, -0.1) is 0 Å². The van der Waals surface area contributed by atoms with Crippen molar-refractivity contribution in [3.8, 4) is 5.88 Å². The Morgan fingerprint density at radius 1 is 1.08 bits per heavy atom. The molecule has 4 rings (SSSR count). The van der Waals surface area contributed by atoms with E-state index in [1.54, 1.807) is 6.20 Å². The Kier molecular flexibility index (Phi) is 9.63. The second-order valence-electron chi connectivity index (χ2n) is 9.08. The fraction of sp³-hybridized carbons (Fsp3) is 0.444. The number of anilines is 3. The van der Waals surface area contributed by atoms with E-state index in [0.29, 0.717) is 44.6 Å². The number of carbonyl (C=O) groups is 1. The Bertz CT molecular complexity index is 1240. The molecule has 2 unspecified atom stereocenters. The second kappa shape index (κ2) is 13.3. The molecule has 2 aromatic heterocycles. The molecule has 1 saturated carbocycles. The number of hydrogen-bond donors (Lipinski definition) is 4. The Balaban J connectivity index is 1.55. The fourth-order valence-electron chi connectivity index (χ4n) is 4.48. The highest BCUT2D eigenvalue weighted by Gasteiger charge is 2.24. The molecule has 0 aliphatic heterocycles. The minimum absolute atomic E-state index is 0.0233. The second-order valence-corrected chi connectivity index (χ2v) is 9.08. The quantitative estimate of drug-likeness (QED) is 0.245. The zero-order valence-electron chi connectivity index (χ0n) is 21.5. The van der Waals surface area contributed by atoms with Gasteiger partial charge in [0, 0.05) is 41.3 Å². The number of primary amides is 1. The summed E-state index contributed by atoms with van der Waals surface area (Å²) < 4.78 is 31.5. The Labute approximate surface area is 221 Å². The number of ether oxygens (including phenoxy) is 3. The molecule has 1 fully saturated rings. The van der Waals surface area contributed by atoms with Crippen LogP contribution in [0, 0.1) is 5.82 Å². The van der Waals surface area contributed by atoms with Crippen molar-refractivity contribution < 1.29 is 23.4 Å². The molecule has 1 aromatic carbocycles. The molecule has 2 heterocycles. The molecule has 1 amide bonds. The van der Waals surface area contributed by atoms with Crippen molar-refractivity contribution in [1.82, 2.24) is 9.97 Å². The highest BCUT2D eigenvalue weighted by molar-refractivity contribution is 6.02. The van der Waals surface area contributed by atoms with Gasteiger partial charge in [0.15, 0.2) is 11.6 Å². The predicted molar refractivity (Wildman–Crippen MR) is 144 cm³/mol. The number of benzene rings is 1. The average Bonchev–Trinajstić information content (AvgIpc) is 2.91. The number of fused-ring (bicyclic) bond motifs is 1. The van der Waals surface area contributed by atoms with Crippen LogP contribution < -0.4 is 26.8 Å². The number of nitrogens with zero attached hydrogens (tertiary/aromatic N) is 2. The summed E-state index contributed by atoms with van der Waals surface area (Å²) in [5.41, 5.74) is 12.4. The van der Waals surface area contributed by atoms with Crippen LogP contribution in [-0.4, -0.2) is 61.0 Å². The van der Waals surface area contributed by atoms with Gasteiger partial charge >= 0.3 is 0 Å². The number of aromatic nitrogens is 2. The zero-order valence-corrected chi connectivity index (χ0v) is 21.5. The van der Waals surface area contributed by atoms with Crippen molar-refractivity contribution in [2.45, 2.75) is 44.7 Å². The minimum Gasteiger partial charge on any atom is -0.475 e. The normalized spacial score (nSPS) is 17.3. The molecule has 3 aromatic rings. The van der Waals surface area contributed by atoms with Gasteiger partial charge in [-0.1, -0.05) is 18.9 Å². The van der Waals surface area contributed by atoms with E-state index in [4.69, 9.17) is 25.7 Å². The monoisotopic (exact) mass is 526 g/mol. The molecule has 11 heteroatoms. The molecule has 38 heavy (non-hydrogen) atoms. The number of rotatable bonds is 13. The Hall–Kier alpha value is -3.54. The molecule has 0 bridgehead atoms. The van der Waals surface area contributed by atoms with Crippen LogP contribution in [0.4, 0.5) is 21.7 Å². The molecular formula is C27H35FN6O4. The van der Waals surface area contributed by atoms with Gasteiger partial charge in [-0.25, -0.2) is 14.4 Å². The van der Waals surface area contributed by atoms with Crippen LogP contribution in [0.1, 0.15) is 43.0 Å². The molecular weight excluding hydrogens is 491 g/mol. The Morgan fingerprint density at radius 2 is 1.87 bits per heavy atom. The first-order valence-electron chi connectivity index (χ1n) is 12.9. The molecule has 1 aliphatic carbocycles. The highest BCUT2D eigenvalue weighted by Crippen LogP contribution is 2.32. The van der Waals surface area contributed by atoms with Gasteiger partial charge in [-0.2, -0.15) is 0 Å². The number of carbonyl (C=O) groups excluding carboxylic acids is 1. The summed E-state index contributed by atoms with van der Waals surface area (Å²) in [5, 5.41) is 7.82. The fourth-order valence-corrected chi connectivity index (χ4v) is 4.48. The zero-order chi connectivity index (χ0) is 26.9. The van der Waals surface area contributed by atoms with Crippen molar-refractivity contribution in [3.63, 3.8) is 0 Å². The number of nitrogens with one attached hydrogen (secondary N) is 2. The van der Waals surface area contributed by atoms with Gasteiger partial charge in [-0.05, 0) is 44.0 Å². The van der Waals surface area contributed by atoms with Gasteiger partial charge in [0.1, 0.15) is 12.4 Å². The van der Waals surface area contributed by atoms with Crippen LogP contribution in [0.15, 0.2) is 36.5 Å². The molecule has 10 nitrogen and oxygen atoms in total. The van der Waals surface area contributed by atoms with Gasteiger partial charge < -0.3 is 36.3 Å². The summed E-state index contributed by atoms with van der Waals surface area (Å²) in [7, 11) is 0. The van der Waals surface area contributed by atoms with E-state index in [-0.39, 0.29) is 29.3 Å². The summed E-state index contributed by atoms with van der Waals surface area (Å²) in [6, 6.07) is 8.23. The van der Waals surface area contributed by atoms with Crippen LogP contribution in [0.25, 0.3) is 10.8 Å². The third-order valence-electron chi connectivity index (χ3n) is 6.45. The summed E-state index contributed by atoms with van der Waals surface area (Å²) in [4.78, 5) is 20.9. The third kappa shape index (κ3) is 6.85. The summed E-state index contributed by atoms with van der Waals surface area (Å²) in [6.07, 6.45) is 5.36. The molecule has 2 atom stereocenters. The van der Waals surface area contributed by atoms with E-state index in [1.165, 1.54) is 0 Å². The summed E-state index contributed by atoms with van der Waals surface area (Å²) in [5.74, 6) is -0.857. The molecule has 0 saturated heterocycles. The lowest BCUT2D eigenvalue weighted by atomic mass is 9.91. The lowest BCUT2D eigenvalue weighted by Gasteiger charge is -2.30. The van der Waals surface area contributed by atoms with Crippen molar-refractivity contribution in [1.29, 1.82) is 0 Å². The number of halogens is 1. The topological polar surface area (TPSA) is 147 Å². The van der Waals surface area contributed by atoms with Gasteiger partial charge in [0.2, 0.25) is 5.88 Å². The minimum atomic E-state index is -0.796. The molecule has 204 valence electrons. The van der Waals surface area contributed by atoms with Crippen LogP contribution in [-0.2, 0) is 9.47 Å². The SMILES string of the molecule is CCOCCOCCOc1nccc2c(Nc3nc(NC4CCCCC4N)c(F)cc3C(N)=O)cccc12. The lowest BCUT2D eigenvalue weighted by Crippen LogP contribution is -2.43. The first kappa shape index (κ1) is 27.5. The van der Waals surface area contributed by atoms with Crippen molar-refractivity contribution in [2.24, 2.45) is 11.5 Å². The number of hydrogen-bond acceptors (Lipinski definition) is 9. The van der Waals surface area contributed by atoms with E-state index in [9.17, 15) is 9.18 Å². The van der Waals surface area contributed by atoms with E-state index >= 15 is 0 Å². The molecule has 0 spiro atoms. The van der Waals surface area contributed by atoms with E-state index in [1.807, 2.05) is 31.2 Å². The van der Waals surface area contributed by atoms with Gasteiger partial charge in [0.25, 0.3) is 5.91 Å². The molecule has 6 N–H and O–H groups in total. The van der Waals surface area contributed by atoms with Crippen LogP contribution in [0.3, 0.4) is 0 Å². The highest BCUT2D eigenvalue weighted by atomic mass is 19.1. The maximum Gasteiger partial charge on any atom is 0.252 e. The predicted octanol–water partition coefficient (Wildman–Crippen LogP) is 3.73.